The smallest absolute Gasteiger partial charge is 0.248 e. The van der Waals surface area contributed by atoms with Crippen molar-refractivity contribution < 1.29 is 13.2 Å². The number of rotatable bonds is 3. The van der Waals surface area contributed by atoms with E-state index >= 15 is 0 Å². The molecule has 2 aliphatic heterocycles. The summed E-state index contributed by atoms with van der Waals surface area (Å²) < 4.78 is 24.0. The van der Waals surface area contributed by atoms with Crippen molar-refractivity contribution in [2.24, 2.45) is 4.99 Å². The van der Waals surface area contributed by atoms with Gasteiger partial charge in [-0.1, -0.05) is 41.9 Å². The SMILES string of the molecule is CCCC(=O)N=C1S[C@H]2CS(=O)(=O)C[C@@H]2N1c1cc(Cl)cc(Cl)c1. The number of halogens is 2. The van der Waals surface area contributed by atoms with Gasteiger partial charge in [0.2, 0.25) is 5.91 Å². The van der Waals surface area contributed by atoms with Crippen LogP contribution in [0.1, 0.15) is 19.8 Å². The number of amides is 1. The summed E-state index contributed by atoms with van der Waals surface area (Å²) in [6, 6.07) is 4.77. The molecule has 0 spiro atoms. The number of anilines is 1. The van der Waals surface area contributed by atoms with E-state index in [0.717, 1.165) is 0 Å². The predicted octanol–water partition coefficient (Wildman–Crippen LogP) is 3.39. The van der Waals surface area contributed by atoms with Crippen LogP contribution in [0, 0.1) is 0 Å². The highest BCUT2D eigenvalue weighted by Crippen LogP contribution is 2.42. The molecule has 0 aromatic heterocycles. The normalized spacial score (nSPS) is 26.8. The molecule has 1 aromatic rings. The van der Waals surface area contributed by atoms with Gasteiger partial charge in [0.25, 0.3) is 0 Å². The van der Waals surface area contributed by atoms with Gasteiger partial charge in [0.15, 0.2) is 15.0 Å². The Kier molecular flexibility index (Phi) is 5.16. The van der Waals surface area contributed by atoms with Gasteiger partial charge in [0.1, 0.15) is 0 Å². The molecule has 2 atom stereocenters. The van der Waals surface area contributed by atoms with Crippen molar-refractivity contribution in [2.45, 2.75) is 31.1 Å². The van der Waals surface area contributed by atoms with E-state index in [4.69, 9.17) is 23.2 Å². The molecule has 2 saturated heterocycles. The minimum absolute atomic E-state index is 0.0375. The Morgan fingerprint density at radius 3 is 2.58 bits per heavy atom. The Morgan fingerprint density at radius 2 is 1.96 bits per heavy atom. The van der Waals surface area contributed by atoms with Gasteiger partial charge in [0, 0.05) is 27.4 Å². The molecule has 0 aliphatic carbocycles. The first kappa shape index (κ1) is 18.0. The Bertz CT molecular complexity index is 791. The van der Waals surface area contributed by atoms with E-state index in [9.17, 15) is 13.2 Å². The number of hydrogen-bond donors (Lipinski definition) is 0. The second kappa shape index (κ2) is 6.86. The maximum atomic E-state index is 12.0. The highest BCUT2D eigenvalue weighted by Gasteiger charge is 2.49. The van der Waals surface area contributed by atoms with Crippen molar-refractivity contribution in [3.05, 3.63) is 28.2 Å². The van der Waals surface area contributed by atoms with Gasteiger partial charge in [-0.3, -0.25) is 4.79 Å². The second-order valence-corrected chi connectivity index (χ2v) is 10.1. The standard InChI is InChI=1S/C15H16Cl2N2O3S2/c1-2-3-14(20)18-15-19(11-5-9(16)4-10(17)6-11)12-7-24(21,22)8-13(12)23-15/h4-6,12-13H,2-3,7-8H2,1H3/t12-,13-/m0/s1. The van der Waals surface area contributed by atoms with E-state index in [2.05, 4.69) is 4.99 Å². The third kappa shape index (κ3) is 3.74. The fraction of sp³-hybridized carbons (Fsp3) is 0.467. The van der Waals surface area contributed by atoms with Crippen molar-refractivity contribution >= 4 is 61.6 Å². The monoisotopic (exact) mass is 406 g/mol. The molecule has 0 radical (unpaired) electrons. The molecule has 2 fully saturated rings. The maximum Gasteiger partial charge on any atom is 0.248 e. The Balaban J connectivity index is 2.02. The summed E-state index contributed by atoms with van der Waals surface area (Å²) in [5.41, 5.74) is 0.660. The number of aliphatic imine (C=N–C) groups is 1. The number of amidine groups is 1. The zero-order valence-electron chi connectivity index (χ0n) is 12.9. The molecule has 2 heterocycles. The summed E-state index contributed by atoms with van der Waals surface area (Å²) in [6.07, 6.45) is 1.08. The second-order valence-electron chi connectivity index (χ2n) is 5.84. The molecular weight excluding hydrogens is 391 g/mol. The van der Waals surface area contributed by atoms with Gasteiger partial charge in [0.05, 0.1) is 17.5 Å². The quantitative estimate of drug-likeness (QED) is 0.769. The predicted molar refractivity (Wildman–Crippen MR) is 100 cm³/mol. The van der Waals surface area contributed by atoms with Crippen LogP contribution in [0.4, 0.5) is 5.69 Å². The number of fused-ring (bicyclic) bond motifs is 1. The highest BCUT2D eigenvalue weighted by molar-refractivity contribution is 8.16. The number of carbonyl (C=O) groups excluding carboxylic acids is 1. The summed E-state index contributed by atoms with van der Waals surface area (Å²) in [7, 11) is -3.10. The van der Waals surface area contributed by atoms with E-state index in [1.165, 1.54) is 11.8 Å². The van der Waals surface area contributed by atoms with E-state index in [1.54, 1.807) is 23.1 Å². The molecule has 130 valence electrons. The lowest BCUT2D eigenvalue weighted by molar-refractivity contribution is -0.117. The fourth-order valence-corrected chi connectivity index (χ4v) is 7.37. The maximum absolute atomic E-state index is 12.0. The lowest BCUT2D eigenvalue weighted by Crippen LogP contribution is -2.37. The Hall–Kier alpha value is -0.760. The molecule has 3 rings (SSSR count). The lowest BCUT2D eigenvalue weighted by atomic mass is 10.2. The van der Waals surface area contributed by atoms with Gasteiger partial charge in [-0.05, 0) is 24.6 Å². The highest BCUT2D eigenvalue weighted by atomic mass is 35.5. The van der Waals surface area contributed by atoms with Crippen LogP contribution >= 0.6 is 35.0 Å². The zero-order valence-corrected chi connectivity index (χ0v) is 16.1. The summed E-state index contributed by atoms with van der Waals surface area (Å²) in [4.78, 5) is 18.0. The Morgan fingerprint density at radius 1 is 1.29 bits per heavy atom. The minimum Gasteiger partial charge on any atom is -0.315 e. The topological polar surface area (TPSA) is 66.8 Å². The van der Waals surface area contributed by atoms with Crippen LogP contribution in [0.15, 0.2) is 23.2 Å². The van der Waals surface area contributed by atoms with E-state index < -0.39 is 9.84 Å². The lowest BCUT2D eigenvalue weighted by Gasteiger charge is -2.24. The molecule has 9 heteroatoms. The van der Waals surface area contributed by atoms with Gasteiger partial charge >= 0.3 is 0 Å². The average Bonchev–Trinajstić information content (AvgIpc) is 2.88. The number of hydrogen-bond acceptors (Lipinski definition) is 4. The average molecular weight is 407 g/mol. The first-order valence-corrected chi connectivity index (χ1v) is 11.0. The number of benzene rings is 1. The molecule has 0 unspecified atom stereocenters. The van der Waals surface area contributed by atoms with E-state index in [-0.39, 0.29) is 28.7 Å². The van der Waals surface area contributed by atoms with Crippen molar-refractivity contribution in [2.75, 3.05) is 16.4 Å². The minimum atomic E-state index is -3.10. The Labute approximate surface area is 155 Å². The molecule has 24 heavy (non-hydrogen) atoms. The summed E-state index contributed by atoms with van der Waals surface area (Å²) >= 11 is 13.5. The molecular formula is C15H16Cl2N2O3S2. The summed E-state index contributed by atoms with van der Waals surface area (Å²) in [5, 5.41) is 1.29. The van der Waals surface area contributed by atoms with Gasteiger partial charge in [-0.25, -0.2) is 8.42 Å². The van der Waals surface area contributed by atoms with Gasteiger partial charge in [-0.15, -0.1) is 0 Å². The fourth-order valence-electron chi connectivity index (χ4n) is 2.92. The molecule has 2 aliphatic rings. The van der Waals surface area contributed by atoms with E-state index in [0.29, 0.717) is 33.7 Å². The van der Waals surface area contributed by atoms with Crippen LogP contribution in [-0.4, -0.2) is 42.3 Å². The van der Waals surface area contributed by atoms with Crippen LogP contribution < -0.4 is 4.90 Å². The third-order valence-electron chi connectivity index (χ3n) is 3.88. The molecule has 0 saturated carbocycles. The molecule has 1 amide bonds. The van der Waals surface area contributed by atoms with Crippen LogP contribution in [0.25, 0.3) is 0 Å². The number of sulfone groups is 1. The summed E-state index contributed by atoms with van der Waals surface area (Å²) in [5.74, 6) is -0.0786. The van der Waals surface area contributed by atoms with Crippen LogP contribution in [0.2, 0.25) is 10.0 Å². The van der Waals surface area contributed by atoms with Gasteiger partial charge < -0.3 is 4.90 Å². The van der Waals surface area contributed by atoms with Crippen molar-refractivity contribution in [3.8, 4) is 0 Å². The summed E-state index contributed by atoms with van der Waals surface area (Å²) in [6.45, 7) is 1.91. The van der Waals surface area contributed by atoms with Crippen LogP contribution in [0.3, 0.4) is 0 Å². The molecule has 1 aromatic carbocycles. The molecule has 5 nitrogen and oxygen atoms in total. The first-order valence-electron chi connectivity index (χ1n) is 7.53. The van der Waals surface area contributed by atoms with Crippen LogP contribution in [-0.2, 0) is 14.6 Å². The number of nitrogens with zero attached hydrogens (tertiary/aromatic N) is 2. The zero-order chi connectivity index (χ0) is 17.5. The number of carbonyl (C=O) groups is 1. The first-order chi connectivity index (χ1) is 11.3. The van der Waals surface area contributed by atoms with Crippen LogP contribution in [0.5, 0.6) is 0 Å². The van der Waals surface area contributed by atoms with Crippen molar-refractivity contribution in [1.82, 2.24) is 0 Å². The largest absolute Gasteiger partial charge is 0.315 e. The van der Waals surface area contributed by atoms with E-state index in [1.807, 2.05) is 6.92 Å². The molecule has 0 bridgehead atoms. The van der Waals surface area contributed by atoms with Gasteiger partial charge in [-0.2, -0.15) is 4.99 Å². The number of thioether (sulfide) groups is 1. The van der Waals surface area contributed by atoms with Crippen molar-refractivity contribution in [1.29, 1.82) is 0 Å². The van der Waals surface area contributed by atoms with Crippen molar-refractivity contribution in [3.63, 3.8) is 0 Å². The third-order valence-corrected chi connectivity index (χ3v) is 7.52. The molecule has 0 N–H and O–H groups in total.